The molecule has 0 aliphatic heterocycles. The summed E-state index contributed by atoms with van der Waals surface area (Å²) in [5.41, 5.74) is 2.33. The molecule has 1 aromatic carbocycles. The number of anilines is 1. The molecule has 2 rings (SSSR count). The minimum atomic E-state index is -0.333. The molecule has 0 radical (unpaired) electrons. The van der Waals surface area contributed by atoms with Crippen LogP contribution >= 0.6 is 11.8 Å². The van der Waals surface area contributed by atoms with E-state index in [0.29, 0.717) is 18.7 Å². The van der Waals surface area contributed by atoms with Gasteiger partial charge in [-0.05, 0) is 31.4 Å². The van der Waals surface area contributed by atoms with E-state index in [0.717, 1.165) is 11.4 Å². The lowest BCUT2D eigenvalue weighted by Crippen LogP contribution is -2.12. The van der Waals surface area contributed by atoms with Gasteiger partial charge in [0.25, 0.3) is 0 Å². The maximum Gasteiger partial charge on any atom is 0.341 e. The fraction of sp³-hybridized carbons (Fsp3) is 0.333. The van der Waals surface area contributed by atoms with E-state index in [9.17, 15) is 4.79 Å². The summed E-state index contributed by atoms with van der Waals surface area (Å²) in [6.07, 6.45) is 3.59. The van der Waals surface area contributed by atoms with E-state index in [1.165, 1.54) is 4.90 Å². The molecule has 112 valence electrons. The lowest BCUT2D eigenvalue weighted by molar-refractivity contribution is 0.0525. The van der Waals surface area contributed by atoms with Crippen LogP contribution in [0.25, 0.3) is 0 Å². The van der Waals surface area contributed by atoms with Crippen molar-refractivity contribution in [2.24, 2.45) is 7.05 Å². The average Bonchev–Trinajstić information content (AvgIpc) is 2.86. The van der Waals surface area contributed by atoms with Crippen molar-refractivity contribution in [3.8, 4) is 0 Å². The molecule has 0 unspecified atom stereocenters. The highest BCUT2D eigenvalue weighted by atomic mass is 32.2. The number of nitrogens with zero attached hydrogens (tertiary/aromatic N) is 2. The third-order valence-corrected chi connectivity index (χ3v) is 3.81. The molecule has 1 N–H and O–H groups in total. The van der Waals surface area contributed by atoms with Crippen LogP contribution in [-0.2, 0) is 18.3 Å². The molecule has 0 saturated heterocycles. The summed E-state index contributed by atoms with van der Waals surface area (Å²) in [5, 5.41) is 7.46. The molecule has 1 heterocycles. The highest BCUT2D eigenvalue weighted by Gasteiger charge is 2.16. The van der Waals surface area contributed by atoms with Crippen LogP contribution in [0.2, 0.25) is 0 Å². The number of hydrogen-bond acceptors (Lipinski definition) is 5. The predicted octanol–water partition coefficient (Wildman–Crippen LogP) is 2.93. The van der Waals surface area contributed by atoms with Crippen molar-refractivity contribution in [2.75, 3.05) is 18.2 Å². The van der Waals surface area contributed by atoms with Gasteiger partial charge in [0.05, 0.1) is 25.0 Å². The van der Waals surface area contributed by atoms with Crippen LogP contribution in [0, 0.1) is 0 Å². The number of thioether (sulfide) groups is 1. The largest absolute Gasteiger partial charge is 0.462 e. The standard InChI is InChI=1S/C15H19N3O2S/c1-4-20-15(19)13-9-17-18(2)14(13)10-16-11-6-5-7-12(8-11)21-3/h5-9,16H,4,10H2,1-3H3. The van der Waals surface area contributed by atoms with Gasteiger partial charge in [0.2, 0.25) is 0 Å². The Labute approximate surface area is 128 Å². The fourth-order valence-corrected chi connectivity index (χ4v) is 2.43. The number of benzene rings is 1. The molecule has 0 aliphatic rings. The van der Waals surface area contributed by atoms with Crippen molar-refractivity contribution in [1.29, 1.82) is 0 Å². The van der Waals surface area contributed by atoms with Gasteiger partial charge >= 0.3 is 5.97 Å². The summed E-state index contributed by atoms with van der Waals surface area (Å²) in [4.78, 5) is 13.1. The van der Waals surface area contributed by atoms with Crippen molar-refractivity contribution in [1.82, 2.24) is 9.78 Å². The maximum atomic E-state index is 11.9. The Kier molecular flexibility index (Phi) is 5.27. The first kappa shape index (κ1) is 15.4. The topological polar surface area (TPSA) is 56.1 Å². The van der Waals surface area contributed by atoms with Gasteiger partial charge in [0.1, 0.15) is 5.56 Å². The Morgan fingerprint density at radius 3 is 3.00 bits per heavy atom. The van der Waals surface area contributed by atoms with Crippen LogP contribution in [0.5, 0.6) is 0 Å². The normalized spacial score (nSPS) is 10.4. The molecule has 6 heteroatoms. The van der Waals surface area contributed by atoms with E-state index in [2.05, 4.69) is 22.5 Å². The Morgan fingerprint density at radius 1 is 1.48 bits per heavy atom. The van der Waals surface area contributed by atoms with E-state index >= 15 is 0 Å². The van der Waals surface area contributed by atoms with E-state index in [-0.39, 0.29) is 5.97 Å². The number of carbonyl (C=O) groups is 1. The molecule has 0 saturated carbocycles. The lowest BCUT2D eigenvalue weighted by Gasteiger charge is -2.10. The van der Waals surface area contributed by atoms with E-state index in [1.54, 1.807) is 29.6 Å². The van der Waals surface area contributed by atoms with Gasteiger partial charge in [-0.1, -0.05) is 6.07 Å². The Bertz CT molecular complexity index is 625. The van der Waals surface area contributed by atoms with Crippen LogP contribution in [0.4, 0.5) is 5.69 Å². The maximum absolute atomic E-state index is 11.9. The molecular weight excluding hydrogens is 286 g/mol. The Hall–Kier alpha value is -1.95. The SMILES string of the molecule is CCOC(=O)c1cnn(C)c1CNc1cccc(SC)c1. The molecule has 0 bridgehead atoms. The number of esters is 1. The summed E-state index contributed by atoms with van der Waals surface area (Å²) < 4.78 is 6.74. The Morgan fingerprint density at radius 2 is 2.29 bits per heavy atom. The fourth-order valence-electron chi connectivity index (χ4n) is 1.97. The number of carbonyl (C=O) groups excluding carboxylic acids is 1. The van der Waals surface area contributed by atoms with Gasteiger partial charge in [-0.2, -0.15) is 5.10 Å². The van der Waals surface area contributed by atoms with Gasteiger partial charge in [-0.3, -0.25) is 4.68 Å². The smallest absolute Gasteiger partial charge is 0.341 e. The number of aromatic nitrogens is 2. The van der Waals surface area contributed by atoms with Gasteiger partial charge in [-0.15, -0.1) is 11.8 Å². The quantitative estimate of drug-likeness (QED) is 0.657. The molecule has 0 fully saturated rings. The third-order valence-electron chi connectivity index (χ3n) is 3.09. The average molecular weight is 305 g/mol. The summed E-state index contributed by atoms with van der Waals surface area (Å²) >= 11 is 1.69. The van der Waals surface area contributed by atoms with E-state index in [1.807, 2.05) is 25.4 Å². The number of rotatable bonds is 6. The molecule has 0 atom stereocenters. The van der Waals surface area contributed by atoms with Crippen LogP contribution in [-0.4, -0.2) is 28.6 Å². The van der Waals surface area contributed by atoms with Gasteiger partial charge < -0.3 is 10.1 Å². The second kappa shape index (κ2) is 7.17. The van der Waals surface area contributed by atoms with Crippen LogP contribution < -0.4 is 5.32 Å². The Balaban J connectivity index is 2.12. The molecule has 2 aromatic rings. The molecular formula is C15H19N3O2S. The monoisotopic (exact) mass is 305 g/mol. The van der Waals surface area contributed by atoms with Crippen LogP contribution in [0.15, 0.2) is 35.4 Å². The highest BCUT2D eigenvalue weighted by molar-refractivity contribution is 7.98. The number of nitrogens with one attached hydrogen (secondary N) is 1. The summed E-state index contributed by atoms with van der Waals surface area (Å²) in [5.74, 6) is -0.333. The first-order valence-corrected chi connectivity index (χ1v) is 7.94. The van der Waals surface area contributed by atoms with Crippen molar-refractivity contribution in [3.05, 3.63) is 41.7 Å². The highest BCUT2D eigenvalue weighted by Crippen LogP contribution is 2.20. The number of aryl methyl sites for hydroxylation is 1. The minimum Gasteiger partial charge on any atom is -0.462 e. The molecule has 21 heavy (non-hydrogen) atoms. The van der Waals surface area contributed by atoms with E-state index < -0.39 is 0 Å². The van der Waals surface area contributed by atoms with Crippen LogP contribution in [0.1, 0.15) is 23.0 Å². The van der Waals surface area contributed by atoms with Crippen molar-refractivity contribution >= 4 is 23.4 Å². The molecule has 0 spiro atoms. The summed E-state index contributed by atoms with van der Waals surface area (Å²) in [6, 6.07) is 8.14. The molecule has 1 aromatic heterocycles. The second-order valence-electron chi connectivity index (χ2n) is 4.43. The zero-order chi connectivity index (χ0) is 15.2. The zero-order valence-corrected chi connectivity index (χ0v) is 13.2. The van der Waals surface area contributed by atoms with Crippen molar-refractivity contribution in [3.63, 3.8) is 0 Å². The lowest BCUT2D eigenvalue weighted by atomic mass is 10.2. The molecule has 0 amide bonds. The summed E-state index contributed by atoms with van der Waals surface area (Å²) in [7, 11) is 1.82. The van der Waals surface area contributed by atoms with Gasteiger partial charge in [0, 0.05) is 17.6 Å². The first-order valence-electron chi connectivity index (χ1n) is 6.71. The second-order valence-corrected chi connectivity index (χ2v) is 5.31. The molecule has 0 aliphatic carbocycles. The number of ether oxygens (including phenoxy) is 1. The molecule has 5 nitrogen and oxygen atoms in total. The first-order chi connectivity index (χ1) is 10.2. The van der Waals surface area contributed by atoms with E-state index in [4.69, 9.17) is 4.74 Å². The van der Waals surface area contributed by atoms with Crippen molar-refractivity contribution in [2.45, 2.75) is 18.4 Å². The third kappa shape index (κ3) is 3.78. The van der Waals surface area contributed by atoms with Gasteiger partial charge in [0.15, 0.2) is 0 Å². The summed E-state index contributed by atoms with van der Waals surface area (Å²) in [6.45, 7) is 2.67. The predicted molar refractivity (Wildman–Crippen MR) is 84.7 cm³/mol. The van der Waals surface area contributed by atoms with Crippen molar-refractivity contribution < 1.29 is 9.53 Å². The van der Waals surface area contributed by atoms with Crippen LogP contribution in [0.3, 0.4) is 0 Å². The minimum absolute atomic E-state index is 0.333. The van der Waals surface area contributed by atoms with Gasteiger partial charge in [-0.25, -0.2) is 4.79 Å². The zero-order valence-electron chi connectivity index (χ0n) is 12.4. The number of hydrogen-bond donors (Lipinski definition) is 1.